The van der Waals surface area contributed by atoms with Crippen molar-refractivity contribution in [2.75, 3.05) is 12.8 Å². The first-order valence-electron chi connectivity index (χ1n) is 8.90. The van der Waals surface area contributed by atoms with Crippen LogP contribution in [0.4, 0.5) is 5.82 Å². The summed E-state index contributed by atoms with van der Waals surface area (Å²) < 4.78 is 12.0. The number of benzene rings is 2. The van der Waals surface area contributed by atoms with Crippen LogP contribution in [0.25, 0.3) is 22.6 Å². The summed E-state index contributed by atoms with van der Waals surface area (Å²) in [6.07, 6.45) is 1.45. The molecule has 0 aliphatic carbocycles. The largest absolute Gasteiger partial charge is 0.504 e. The number of ether oxygens (including phenoxy) is 1. The van der Waals surface area contributed by atoms with E-state index in [9.17, 15) is 9.90 Å². The van der Waals surface area contributed by atoms with Crippen LogP contribution in [0.1, 0.15) is 5.56 Å². The number of phenolic OH excluding ortho intramolecular Hbond substituents is 1. The average molecular weight is 533 g/mol. The number of aromatic nitrogens is 4. The number of hydrazone groups is 1. The average Bonchev–Trinajstić information content (AvgIpc) is 3.33. The van der Waals surface area contributed by atoms with E-state index in [1.165, 1.54) is 13.3 Å². The first-order valence-corrected chi connectivity index (χ1v) is 9.98. The van der Waals surface area contributed by atoms with Gasteiger partial charge in [0.25, 0.3) is 5.91 Å². The maximum absolute atomic E-state index is 12.6. The highest BCUT2D eigenvalue weighted by atomic mass is 127. The Bertz CT molecular complexity index is 1300. The molecule has 4 N–H and O–H groups in total. The molecule has 2 heterocycles. The summed E-state index contributed by atoms with van der Waals surface area (Å²) in [7, 11) is 1.46. The van der Waals surface area contributed by atoms with Crippen molar-refractivity contribution >= 4 is 51.6 Å². The number of nitrogens with one attached hydrogen (secondary N) is 1. The Kier molecular flexibility index (Phi) is 5.70. The van der Waals surface area contributed by atoms with E-state index in [-0.39, 0.29) is 23.8 Å². The van der Waals surface area contributed by atoms with Crippen LogP contribution in [-0.2, 0) is 11.3 Å². The monoisotopic (exact) mass is 533 g/mol. The van der Waals surface area contributed by atoms with E-state index in [4.69, 9.17) is 10.5 Å². The molecule has 0 bridgehead atoms. The van der Waals surface area contributed by atoms with E-state index >= 15 is 0 Å². The number of amides is 1. The number of carbonyl (C=O) groups excluding carboxylic acids is 1. The van der Waals surface area contributed by atoms with Gasteiger partial charge in [0.15, 0.2) is 28.8 Å². The summed E-state index contributed by atoms with van der Waals surface area (Å²) in [4.78, 5) is 17.1. The fraction of sp³-hybridized carbons (Fsp3) is 0.105. The third-order valence-electron chi connectivity index (χ3n) is 4.36. The molecule has 0 saturated carbocycles. The lowest BCUT2D eigenvalue weighted by molar-refractivity contribution is -0.121. The van der Waals surface area contributed by atoms with Crippen LogP contribution in [0.3, 0.4) is 0 Å². The van der Waals surface area contributed by atoms with Gasteiger partial charge in [-0.25, -0.2) is 15.0 Å². The number of rotatable bonds is 6. The van der Waals surface area contributed by atoms with Crippen LogP contribution in [0.5, 0.6) is 11.5 Å². The molecule has 1 amide bonds. The van der Waals surface area contributed by atoms with Gasteiger partial charge in [0, 0.05) is 0 Å². The number of aromatic hydroxyl groups is 1. The second-order valence-corrected chi connectivity index (χ2v) is 7.52. The molecule has 0 atom stereocenters. The normalized spacial score (nSPS) is 11.3. The molecule has 158 valence electrons. The molecule has 0 aliphatic rings. The van der Waals surface area contributed by atoms with Crippen molar-refractivity contribution in [2.24, 2.45) is 5.10 Å². The van der Waals surface area contributed by atoms with Gasteiger partial charge in [-0.05, 0) is 62.7 Å². The van der Waals surface area contributed by atoms with E-state index in [2.05, 4.69) is 30.5 Å². The SMILES string of the molecule is COc1cc(C=NNC(=O)Cn2c(-c3nonc3N)nc3ccccc32)cc(I)c1O. The van der Waals surface area contributed by atoms with Crippen molar-refractivity contribution in [1.82, 2.24) is 25.3 Å². The molecule has 0 radical (unpaired) electrons. The van der Waals surface area contributed by atoms with E-state index in [1.54, 1.807) is 16.7 Å². The van der Waals surface area contributed by atoms with Crippen molar-refractivity contribution in [3.8, 4) is 23.0 Å². The van der Waals surface area contributed by atoms with Crippen molar-refractivity contribution in [2.45, 2.75) is 6.54 Å². The number of nitrogens with two attached hydrogens (primary N) is 1. The molecule has 0 fully saturated rings. The number of phenols is 1. The zero-order chi connectivity index (χ0) is 22.0. The van der Waals surface area contributed by atoms with Crippen LogP contribution >= 0.6 is 22.6 Å². The second-order valence-electron chi connectivity index (χ2n) is 6.36. The van der Waals surface area contributed by atoms with E-state index in [0.717, 1.165) is 5.52 Å². The van der Waals surface area contributed by atoms with Gasteiger partial charge >= 0.3 is 0 Å². The molecule has 11 nitrogen and oxygen atoms in total. The fourth-order valence-electron chi connectivity index (χ4n) is 2.95. The highest BCUT2D eigenvalue weighted by Gasteiger charge is 2.20. The molecule has 0 aliphatic heterocycles. The molecule has 2 aromatic carbocycles. The van der Waals surface area contributed by atoms with Crippen LogP contribution in [0.15, 0.2) is 46.1 Å². The number of fused-ring (bicyclic) bond motifs is 1. The number of anilines is 1. The first-order chi connectivity index (χ1) is 15.0. The van der Waals surface area contributed by atoms with Crippen LogP contribution < -0.4 is 15.9 Å². The second kappa shape index (κ2) is 8.59. The Morgan fingerprint density at radius 2 is 2.19 bits per heavy atom. The Morgan fingerprint density at radius 1 is 1.39 bits per heavy atom. The number of nitrogens with zero attached hydrogens (tertiary/aromatic N) is 5. The molecule has 12 heteroatoms. The molecule has 2 aromatic heterocycles. The summed E-state index contributed by atoms with van der Waals surface area (Å²) in [6.45, 7) is -0.0874. The fourth-order valence-corrected chi connectivity index (χ4v) is 3.57. The predicted octanol–water partition coefficient (Wildman–Crippen LogP) is 2.14. The van der Waals surface area contributed by atoms with Gasteiger partial charge in [-0.1, -0.05) is 12.1 Å². The minimum atomic E-state index is -0.392. The number of nitrogen functional groups attached to an aromatic ring is 1. The molecule has 0 unspecified atom stereocenters. The highest BCUT2D eigenvalue weighted by Crippen LogP contribution is 2.32. The molecular formula is C19H16IN7O4. The molecule has 0 spiro atoms. The van der Waals surface area contributed by atoms with Crippen molar-refractivity contribution in [3.05, 3.63) is 45.5 Å². The number of hydrogen-bond acceptors (Lipinski definition) is 9. The van der Waals surface area contributed by atoms with Gasteiger partial charge in [-0.2, -0.15) is 5.10 Å². The summed E-state index contributed by atoms with van der Waals surface area (Å²) in [5.41, 5.74) is 10.6. The highest BCUT2D eigenvalue weighted by molar-refractivity contribution is 14.1. The first kappa shape index (κ1) is 20.6. The Morgan fingerprint density at radius 3 is 2.94 bits per heavy atom. The lowest BCUT2D eigenvalue weighted by Gasteiger charge is -2.07. The van der Waals surface area contributed by atoms with Gasteiger partial charge in [-0.3, -0.25) is 4.79 Å². The summed E-state index contributed by atoms with van der Waals surface area (Å²) >= 11 is 1.98. The zero-order valence-corrected chi connectivity index (χ0v) is 18.3. The van der Waals surface area contributed by atoms with Crippen molar-refractivity contribution in [1.29, 1.82) is 0 Å². The topological polar surface area (TPSA) is 154 Å². The number of hydrogen-bond donors (Lipinski definition) is 3. The van der Waals surface area contributed by atoms with Gasteiger partial charge in [0.1, 0.15) is 6.54 Å². The summed E-state index contributed by atoms with van der Waals surface area (Å²) in [5, 5.41) is 21.3. The third-order valence-corrected chi connectivity index (χ3v) is 5.18. The molecule has 31 heavy (non-hydrogen) atoms. The molecular weight excluding hydrogens is 517 g/mol. The number of imidazole rings is 1. The molecule has 0 saturated heterocycles. The standard InChI is InChI=1S/C19H16IN7O4/c1-30-14-7-10(6-11(20)17(14)29)8-22-24-15(28)9-27-13-5-3-2-4-12(13)23-19(27)16-18(21)26-31-25-16/h2-8,29H,9H2,1H3,(H2,21,26)(H,24,28). The minimum Gasteiger partial charge on any atom is -0.504 e. The Balaban J connectivity index is 1.56. The maximum atomic E-state index is 12.6. The lowest BCUT2D eigenvalue weighted by atomic mass is 10.2. The van der Waals surface area contributed by atoms with Crippen molar-refractivity contribution in [3.63, 3.8) is 0 Å². The number of para-hydroxylation sites is 2. The third kappa shape index (κ3) is 4.14. The minimum absolute atomic E-state index is 0.0467. The molecule has 4 aromatic rings. The van der Waals surface area contributed by atoms with Gasteiger partial charge in [-0.15, -0.1) is 0 Å². The number of carbonyl (C=O) groups is 1. The van der Waals surface area contributed by atoms with Crippen LogP contribution in [-0.4, -0.2) is 44.2 Å². The number of halogens is 1. The predicted molar refractivity (Wildman–Crippen MR) is 121 cm³/mol. The van der Waals surface area contributed by atoms with E-state index in [0.29, 0.717) is 26.2 Å². The Labute approximate surface area is 189 Å². The summed E-state index contributed by atoms with van der Waals surface area (Å²) in [6, 6.07) is 10.6. The van der Waals surface area contributed by atoms with Crippen LogP contribution in [0, 0.1) is 3.57 Å². The van der Waals surface area contributed by atoms with E-state index in [1.807, 2.05) is 46.9 Å². The maximum Gasteiger partial charge on any atom is 0.260 e. The van der Waals surface area contributed by atoms with Gasteiger partial charge in [0.2, 0.25) is 0 Å². The molecule has 4 rings (SSSR count). The Hall–Kier alpha value is -3.68. The van der Waals surface area contributed by atoms with Gasteiger partial charge in [0.05, 0.1) is 27.9 Å². The van der Waals surface area contributed by atoms with Crippen molar-refractivity contribution < 1.29 is 19.3 Å². The van der Waals surface area contributed by atoms with Gasteiger partial charge < -0.3 is 20.1 Å². The quantitative estimate of drug-likeness (QED) is 0.194. The van der Waals surface area contributed by atoms with Crippen LogP contribution in [0.2, 0.25) is 0 Å². The smallest absolute Gasteiger partial charge is 0.260 e. The van der Waals surface area contributed by atoms with E-state index < -0.39 is 5.91 Å². The zero-order valence-electron chi connectivity index (χ0n) is 16.1. The lowest BCUT2D eigenvalue weighted by Crippen LogP contribution is -2.23. The summed E-state index contributed by atoms with van der Waals surface area (Å²) in [5.74, 6) is 0.400. The number of methoxy groups -OCH3 is 1.